The molecule has 216 valence electrons. The molecule has 14 heteroatoms. The molecule has 40 heavy (non-hydrogen) atoms. The third-order valence-corrected chi connectivity index (χ3v) is 8.46. The number of piperidine rings is 1. The third-order valence-electron chi connectivity index (χ3n) is 6.45. The van der Waals surface area contributed by atoms with Crippen LogP contribution in [0.25, 0.3) is 10.6 Å². The summed E-state index contributed by atoms with van der Waals surface area (Å²) < 4.78 is 56.8. The van der Waals surface area contributed by atoms with Crippen molar-refractivity contribution in [2.75, 3.05) is 31.0 Å². The lowest BCUT2D eigenvalue weighted by atomic mass is 9.93. The Bertz CT molecular complexity index is 1400. The van der Waals surface area contributed by atoms with E-state index in [0.717, 1.165) is 37.3 Å². The van der Waals surface area contributed by atoms with Gasteiger partial charge in [-0.25, -0.2) is 18.4 Å². The fraction of sp³-hybridized carbons (Fsp3) is 0.462. The van der Waals surface area contributed by atoms with Crippen molar-refractivity contribution in [1.82, 2.24) is 25.2 Å². The van der Waals surface area contributed by atoms with Gasteiger partial charge in [-0.3, -0.25) is 14.5 Å². The Morgan fingerprint density at radius 3 is 2.67 bits per heavy atom. The van der Waals surface area contributed by atoms with Crippen LogP contribution < -0.4 is 14.8 Å². The first-order valence-electron chi connectivity index (χ1n) is 13.0. The Balaban J connectivity index is 1.57. The summed E-state index contributed by atoms with van der Waals surface area (Å²) in [5, 5.41) is 3.26. The van der Waals surface area contributed by atoms with Crippen LogP contribution in [0.15, 0.2) is 42.9 Å². The number of sulfonamides is 1. The smallest absolute Gasteiger partial charge is 0.355 e. The molecular weight excluding hydrogens is 562 g/mol. The van der Waals surface area contributed by atoms with Gasteiger partial charge in [0, 0.05) is 18.4 Å². The molecule has 0 bridgehead atoms. The van der Waals surface area contributed by atoms with E-state index < -0.39 is 27.7 Å². The minimum Gasteiger partial charge on any atom is -0.477 e. The number of thiazole rings is 1. The van der Waals surface area contributed by atoms with Crippen molar-refractivity contribution in [3.05, 3.63) is 53.4 Å². The van der Waals surface area contributed by atoms with E-state index in [2.05, 4.69) is 25.2 Å². The summed E-state index contributed by atoms with van der Waals surface area (Å²) in [5.74, 6) is -3.70. The van der Waals surface area contributed by atoms with Crippen LogP contribution in [0.2, 0.25) is 0 Å². The summed E-state index contributed by atoms with van der Waals surface area (Å²) in [5.41, 5.74) is 1.10. The van der Waals surface area contributed by atoms with E-state index in [1.165, 1.54) is 24.8 Å². The number of anilines is 1. The molecule has 0 aliphatic carbocycles. The monoisotopic (exact) mass is 594 g/mol. The van der Waals surface area contributed by atoms with Crippen molar-refractivity contribution in [3.63, 3.8) is 0 Å². The molecular formula is C26H32F2N6O4S2. The summed E-state index contributed by atoms with van der Waals surface area (Å²) in [6.45, 7) is 6.89. The number of amides is 1. The lowest BCUT2D eigenvalue weighted by molar-refractivity contribution is 0.0910. The summed E-state index contributed by atoms with van der Waals surface area (Å²) in [4.78, 5) is 29.2. The van der Waals surface area contributed by atoms with Gasteiger partial charge in [-0.2, -0.15) is 8.78 Å². The minimum absolute atomic E-state index is 0.00786. The number of likely N-dealkylation sites (tertiary alicyclic amines) is 1. The van der Waals surface area contributed by atoms with Crippen molar-refractivity contribution in [2.45, 2.75) is 44.9 Å². The van der Waals surface area contributed by atoms with Gasteiger partial charge >= 0.3 is 5.76 Å². The molecule has 10 nitrogen and oxygen atoms in total. The SMILES string of the molecule is CCOc1cncc(-c2cnc(C(=O)N[C@H](c3cccc(NS(=O)(=O)C(F)F)c3)[C@@H](C)CN3CCCCC3)s2)n1. The molecule has 2 N–H and O–H groups in total. The fourth-order valence-electron chi connectivity index (χ4n) is 4.60. The Hall–Kier alpha value is -3.23. The number of hydrogen-bond donors (Lipinski definition) is 2. The standard InChI is InChI=1S/C26H32F2N6O4S2/c1-3-38-22-15-29-13-20(31-22)21-14-30-25(39-21)24(35)32-23(17(2)16-34-10-5-4-6-11-34)18-8-7-9-19(12-18)33-40(36,37)26(27)28/h7-9,12-15,17,23,26,33H,3-6,10-11,16H2,1-2H3,(H,32,35)/t17-,23-/m0/s1. The van der Waals surface area contributed by atoms with Crippen LogP contribution in [0.4, 0.5) is 14.5 Å². The zero-order valence-electron chi connectivity index (χ0n) is 22.2. The number of nitrogens with zero attached hydrogens (tertiary/aromatic N) is 4. The second-order valence-electron chi connectivity index (χ2n) is 9.53. The maximum atomic E-state index is 13.4. The fourth-order valence-corrected chi connectivity index (χ4v) is 5.92. The number of alkyl halides is 2. The predicted molar refractivity (Wildman–Crippen MR) is 149 cm³/mol. The second-order valence-corrected chi connectivity index (χ2v) is 12.2. The normalized spacial score (nSPS) is 15.9. The maximum absolute atomic E-state index is 13.4. The van der Waals surface area contributed by atoms with Crippen molar-refractivity contribution in [1.29, 1.82) is 0 Å². The molecule has 2 aromatic heterocycles. The van der Waals surface area contributed by atoms with Gasteiger partial charge < -0.3 is 15.0 Å². The molecule has 4 rings (SSSR count). The van der Waals surface area contributed by atoms with Gasteiger partial charge in [-0.1, -0.05) is 25.5 Å². The van der Waals surface area contributed by atoms with Crippen molar-refractivity contribution in [3.8, 4) is 16.5 Å². The van der Waals surface area contributed by atoms with Gasteiger partial charge in [-0.15, -0.1) is 11.3 Å². The van der Waals surface area contributed by atoms with Crippen molar-refractivity contribution < 1.29 is 26.7 Å². The first kappa shape index (κ1) is 29.7. The van der Waals surface area contributed by atoms with Crippen LogP contribution >= 0.6 is 11.3 Å². The second kappa shape index (κ2) is 13.4. The van der Waals surface area contributed by atoms with E-state index in [1.807, 2.05) is 18.6 Å². The topological polar surface area (TPSA) is 126 Å². The molecule has 1 aliphatic heterocycles. The van der Waals surface area contributed by atoms with E-state index in [1.54, 1.807) is 24.5 Å². The molecule has 3 aromatic rings. The summed E-state index contributed by atoms with van der Waals surface area (Å²) in [6.07, 6.45) is 8.00. The Morgan fingerprint density at radius 1 is 1.18 bits per heavy atom. The largest absolute Gasteiger partial charge is 0.477 e. The van der Waals surface area contributed by atoms with Crippen LogP contribution in [-0.4, -0.2) is 66.2 Å². The first-order valence-corrected chi connectivity index (χ1v) is 15.4. The number of benzene rings is 1. The molecule has 1 aromatic carbocycles. The van der Waals surface area contributed by atoms with Crippen LogP contribution in [0.5, 0.6) is 5.88 Å². The van der Waals surface area contributed by atoms with E-state index in [4.69, 9.17) is 4.74 Å². The van der Waals surface area contributed by atoms with Gasteiger partial charge in [0.15, 0.2) is 5.01 Å². The van der Waals surface area contributed by atoms with Gasteiger partial charge in [0.1, 0.15) is 5.69 Å². The molecule has 0 spiro atoms. The quantitative estimate of drug-likeness (QED) is 0.313. The van der Waals surface area contributed by atoms with E-state index in [0.29, 0.717) is 35.2 Å². The molecule has 0 unspecified atom stereocenters. The maximum Gasteiger partial charge on any atom is 0.355 e. The molecule has 1 aliphatic rings. The average Bonchev–Trinajstić information content (AvgIpc) is 3.43. The van der Waals surface area contributed by atoms with Gasteiger partial charge in [0.2, 0.25) is 5.88 Å². The number of rotatable bonds is 12. The molecule has 0 radical (unpaired) electrons. The Labute approximate surface area is 236 Å². The van der Waals surface area contributed by atoms with Crippen LogP contribution in [0.3, 0.4) is 0 Å². The van der Waals surface area contributed by atoms with Gasteiger partial charge in [0.25, 0.3) is 15.9 Å². The number of ether oxygens (including phenoxy) is 1. The van der Waals surface area contributed by atoms with E-state index in [9.17, 15) is 22.0 Å². The molecule has 2 atom stereocenters. The number of carbonyl (C=O) groups excluding carboxylic acids is 1. The number of carbonyl (C=O) groups is 1. The highest BCUT2D eigenvalue weighted by Crippen LogP contribution is 2.29. The molecule has 0 saturated carbocycles. The lowest BCUT2D eigenvalue weighted by Crippen LogP contribution is -2.40. The molecule has 1 saturated heterocycles. The van der Waals surface area contributed by atoms with Gasteiger partial charge in [-0.05, 0) is 56.5 Å². The summed E-state index contributed by atoms with van der Waals surface area (Å²) >= 11 is 1.15. The van der Waals surface area contributed by atoms with E-state index >= 15 is 0 Å². The zero-order valence-corrected chi connectivity index (χ0v) is 23.9. The highest BCUT2D eigenvalue weighted by Gasteiger charge is 2.28. The van der Waals surface area contributed by atoms with Crippen molar-refractivity contribution in [2.24, 2.45) is 5.92 Å². The Morgan fingerprint density at radius 2 is 1.95 bits per heavy atom. The number of halogens is 2. The molecule has 1 amide bonds. The number of hydrogen-bond acceptors (Lipinski definition) is 9. The van der Waals surface area contributed by atoms with Gasteiger partial charge in [0.05, 0.1) is 29.9 Å². The average molecular weight is 595 g/mol. The first-order chi connectivity index (χ1) is 19.2. The summed E-state index contributed by atoms with van der Waals surface area (Å²) in [6, 6.07) is 5.62. The molecule has 3 heterocycles. The van der Waals surface area contributed by atoms with Crippen LogP contribution in [0.1, 0.15) is 54.5 Å². The summed E-state index contributed by atoms with van der Waals surface area (Å²) in [7, 11) is -4.84. The predicted octanol–water partition coefficient (Wildman–Crippen LogP) is 4.56. The number of aromatic nitrogens is 3. The van der Waals surface area contributed by atoms with E-state index in [-0.39, 0.29) is 16.6 Å². The van der Waals surface area contributed by atoms with Crippen molar-refractivity contribution >= 4 is 33.0 Å². The Kier molecular flexibility index (Phi) is 9.98. The minimum atomic E-state index is -4.84. The lowest BCUT2D eigenvalue weighted by Gasteiger charge is -2.33. The zero-order chi connectivity index (χ0) is 28.7. The number of nitrogens with one attached hydrogen (secondary N) is 2. The molecule has 1 fully saturated rings. The van der Waals surface area contributed by atoms with Crippen LogP contribution in [-0.2, 0) is 10.0 Å². The third kappa shape index (κ3) is 7.70. The highest BCUT2D eigenvalue weighted by molar-refractivity contribution is 7.93. The van der Waals surface area contributed by atoms with Crippen LogP contribution in [0, 0.1) is 5.92 Å². The highest BCUT2D eigenvalue weighted by atomic mass is 32.2.